The van der Waals surface area contributed by atoms with Crippen molar-refractivity contribution in [1.29, 1.82) is 0 Å². The molecule has 2 bridgehead atoms. The van der Waals surface area contributed by atoms with Crippen LogP contribution >= 0.6 is 0 Å². The van der Waals surface area contributed by atoms with Crippen LogP contribution in [0.25, 0.3) is 0 Å². The summed E-state index contributed by atoms with van der Waals surface area (Å²) in [6.45, 7) is 3.63. The zero-order chi connectivity index (χ0) is 18.2. The summed E-state index contributed by atoms with van der Waals surface area (Å²) < 4.78 is 5.36. The van der Waals surface area contributed by atoms with Crippen molar-refractivity contribution < 1.29 is 19.1 Å². The van der Waals surface area contributed by atoms with Gasteiger partial charge >= 0.3 is 5.97 Å². The Hall–Kier alpha value is -2.43. The van der Waals surface area contributed by atoms with Gasteiger partial charge in [-0.3, -0.25) is 14.5 Å². The molecule has 1 aromatic rings. The Labute approximate surface area is 152 Å². The summed E-state index contributed by atoms with van der Waals surface area (Å²) in [7, 11) is 0. The SMILES string of the molecule is Cc1ccc(OC(=O)CN2C(=O)[C@@H]3[C@H]4C=C[C@@H]([C@@H]5C[C@@H]45)[C@@H]3C2=O)cc1C. The lowest BCUT2D eigenvalue weighted by molar-refractivity contribution is -0.148. The maximum Gasteiger partial charge on any atom is 0.331 e. The fraction of sp³-hybridized carbons (Fsp3) is 0.476. The number of allylic oxidation sites excluding steroid dienone is 2. The Morgan fingerprint density at radius 1 is 1.04 bits per heavy atom. The van der Waals surface area contributed by atoms with Crippen molar-refractivity contribution in [3.63, 3.8) is 0 Å². The highest BCUT2D eigenvalue weighted by atomic mass is 16.5. The number of rotatable bonds is 3. The molecule has 2 saturated carbocycles. The van der Waals surface area contributed by atoms with Crippen LogP contribution in [0.5, 0.6) is 5.75 Å². The maximum absolute atomic E-state index is 12.9. The van der Waals surface area contributed by atoms with E-state index in [0.29, 0.717) is 17.6 Å². The molecule has 0 radical (unpaired) electrons. The predicted octanol–water partition coefficient (Wildman–Crippen LogP) is 2.26. The molecule has 1 aliphatic heterocycles. The highest BCUT2D eigenvalue weighted by molar-refractivity contribution is 6.08. The first-order chi connectivity index (χ1) is 12.5. The number of imide groups is 1. The van der Waals surface area contributed by atoms with E-state index in [9.17, 15) is 14.4 Å². The number of aryl methyl sites for hydroxylation is 2. The number of hydrogen-bond donors (Lipinski definition) is 0. The van der Waals surface area contributed by atoms with Gasteiger partial charge in [0.1, 0.15) is 12.3 Å². The van der Waals surface area contributed by atoms with Gasteiger partial charge in [0, 0.05) is 0 Å². The van der Waals surface area contributed by atoms with E-state index in [-0.39, 0.29) is 42.0 Å². The number of carbonyl (C=O) groups excluding carboxylic acids is 3. The smallest absolute Gasteiger partial charge is 0.331 e. The highest BCUT2D eigenvalue weighted by Gasteiger charge is 2.67. The van der Waals surface area contributed by atoms with Crippen molar-refractivity contribution >= 4 is 17.8 Å². The number of benzene rings is 1. The van der Waals surface area contributed by atoms with Crippen molar-refractivity contribution in [2.24, 2.45) is 35.5 Å². The molecule has 6 atom stereocenters. The molecule has 1 heterocycles. The molecule has 3 fully saturated rings. The molecular weight excluding hydrogens is 330 g/mol. The molecule has 1 aromatic carbocycles. The van der Waals surface area contributed by atoms with Gasteiger partial charge in [0.2, 0.25) is 11.8 Å². The van der Waals surface area contributed by atoms with Crippen LogP contribution in [-0.4, -0.2) is 29.2 Å². The van der Waals surface area contributed by atoms with Crippen molar-refractivity contribution in [2.75, 3.05) is 6.54 Å². The molecule has 5 heteroatoms. The van der Waals surface area contributed by atoms with Crippen LogP contribution in [0.15, 0.2) is 30.4 Å². The molecule has 0 aromatic heterocycles. The Kier molecular flexibility index (Phi) is 3.21. The second-order valence-corrected chi connectivity index (χ2v) is 8.14. The zero-order valence-electron chi connectivity index (χ0n) is 14.8. The summed E-state index contributed by atoms with van der Waals surface area (Å²) >= 11 is 0. The molecule has 0 unspecified atom stereocenters. The number of likely N-dealkylation sites (tertiary alicyclic amines) is 1. The summed E-state index contributed by atoms with van der Waals surface area (Å²) in [6.07, 6.45) is 5.38. The van der Waals surface area contributed by atoms with Crippen molar-refractivity contribution in [1.82, 2.24) is 4.90 Å². The zero-order valence-corrected chi connectivity index (χ0v) is 14.8. The van der Waals surface area contributed by atoms with Crippen molar-refractivity contribution in [3.8, 4) is 5.75 Å². The molecular formula is C21H21NO4. The van der Waals surface area contributed by atoms with E-state index in [0.717, 1.165) is 22.4 Å². The minimum absolute atomic E-state index is 0.173. The number of hydrogen-bond acceptors (Lipinski definition) is 4. The van der Waals surface area contributed by atoms with Crippen LogP contribution < -0.4 is 4.74 Å². The topological polar surface area (TPSA) is 63.7 Å². The Morgan fingerprint density at radius 2 is 1.65 bits per heavy atom. The van der Waals surface area contributed by atoms with E-state index in [1.807, 2.05) is 19.9 Å². The molecule has 6 rings (SSSR count). The quantitative estimate of drug-likeness (QED) is 0.363. The summed E-state index contributed by atoms with van der Waals surface area (Å²) in [4.78, 5) is 39.2. The Morgan fingerprint density at radius 3 is 2.23 bits per heavy atom. The van der Waals surface area contributed by atoms with E-state index >= 15 is 0 Å². The first-order valence-electron chi connectivity index (χ1n) is 9.27. The van der Waals surface area contributed by atoms with E-state index in [2.05, 4.69) is 12.2 Å². The van der Waals surface area contributed by atoms with Gasteiger partial charge in [-0.2, -0.15) is 0 Å². The number of nitrogens with zero attached hydrogens (tertiary/aromatic N) is 1. The third-order valence-corrected chi connectivity index (χ3v) is 6.75. The average Bonchev–Trinajstić information content (AvgIpc) is 3.39. The van der Waals surface area contributed by atoms with Crippen LogP contribution in [0.2, 0.25) is 0 Å². The largest absolute Gasteiger partial charge is 0.425 e. The second kappa shape index (κ2) is 5.29. The van der Waals surface area contributed by atoms with Crippen LogP contribution in [0, 0.1) is 49.4 Å². The molecule has 1 saturated heterocycles. The average molecular weight is 351 g/mol. The van der Waals surface area contributed by atoms with Crippen molar-refractivity contribution in [3.05, 3.63) is 41.5 Å². The molecule has 5 nitrogen and oxygen atoms in total. The first-order valence-corrected chi connectivity index (χ1v) is 9.27. The van der Waals surface area contributed by atoms with Gasteiger partial charge in [-0.15, -0.1) is 0 Å². The van der Waals surface area contributed by atoms with Crippen molar-refractivity contribution in [2.45, 2.75) is 20.3 Å². The van der Waals surface area contributed by atoms with Gasteiger partial charge in [0.25, 0.3) is 0 Å². The number of carbonyl (C=O) groups is 3. The minimum atomic E-state index is -0.570. The first kappa shape index (κ1) is 15.8. The fourth-order valence-electron chi connectivity index (χ4n) is 5.24. The predicted molar refractivity (Wildman–Crippen MR) is 93.0 cm³/mol. The molecule has 5 aliphatic rings. The van der Waals surface area contributed by atoms with Crippen LogP contribution in [0.4, 0.5) is 0 Å². The van der Waals surface area contributed by atoms with Crippen LogP contribution in [-0.2, 0) is 14.4 Å². The highest BCUT2D eigenvalue weighted by Crippen LogP contribution is 2.65. The van der Waals surface area contributed by atoms with E-state index in [1.54, 1.807) is 12.1 Å². The lowest BCUT2D eigenvalue weighted by atomic mass is 9.63. The third-order valence-electron chi connectivity index (χ3n) is 6.75. The lowest BCUT2D eigenvalue weighted by Crippen LogP contribution is -2.40. The summed E-state index contributed by atoms with van der Waals surface area (Å²) in [6, 6.07) is 5.40. The molecule has 134 valence electrons. The maximum atomic E-state index is 12.9. The van der Waals surface area contributed by atoms with Gasteiger partial charge in [-0.05, 0) is 67.2 Å². The van der Waals surface area contributed by atoms with E-state index < -0.39 is 5.97 Å². The van der Waals surface area contributed by atoms with Gasteiger partial charge in [-0.1, -0.05) is 18.2 Å². The standard InChI is InChI=1S/C21H21NO4/c1-10-3-4-12(7-11(10)2)26-17(23)9-22-20(24)18-13-5-6-14(16-8-15(13)16)19(18)21(22)25/h3-7,13-16,18-19H,8-9H2,1-2H3/t13-,14-,15-,16-,18-,19+/m0/s1. The number of esters is 1. The van der Waals surface area contributed by atoms with E-state index in [1.165, 1.54) is 0 Å². The molecule has 0 N–H and O–H groups in total. The van der Waals surface area contributed by atoms with Crippen LogP contribution in [0.3, 0.4) is 0 Å². The molecule has 26 heavy (non-hydrogen) atoms. The van der Waals surface area contributed by atoms with Crippen LogP contribution in [0.1, 0.15) is 17.5 Å². The molecule has 4 aliphatic carbocycles. The fourth-order valence-corrected chi connectivity index (χ4v) is 5.24. The summed E-state index contributed by atoms with van der Waals surface area (Å²) in [5.41, 5.74) is 2.14. The van der Waals surface area contributed by atoms with Gasteiger partial charge in [0.05, 0.1) is 11.8 Å². The molecule has 2 amide bonds. The summed E-state index contributed by atoms with van der Waals surface area (Å²) in [5, 5.41) is 0. The van der Waals surface area contributed by atoms with Gasteiger partial charge in [-0.25, -0.2) is 4.79 Å². The number of amides is 2. The van der Waals surface area contributed by atoms with E-state index in [4.69, 9.17) is 4.74 Å². The Bertz CT molecular complexity index is 837. The van der Waals surface area contributed by atoms with Gasteiger partial charge in [0.15, 0.2) is 0 Å². The summed E-state index contributed by atoms with van der Waals surface area (Å²) in [5.74, 6) is 0.418. The Balaban J connectivity index is 1.32. The monoisotopic (exact) mass is 351 g/mol. The molecule has 0 spiro atoms. The normalized spacial score (nSPS) is 36.2. The lowest BCUT2D eigenvalue weighted by Gasteiger charge is -2.37. The second-order valence-electron chi connectivity index (χ2n) is 8.14. The van der Waals surface area contributed by atoms with Gasteiger partial charge < -0.3 is 4.74 Å². The number of ether oxygens (including phenoxy) is 1. The minimum Gasteiger partial charge on any atom is -0.425 e. The third kappa shape index (κ3) is 2.12.